The highest BCUT2D eigenvalue weighted by molar-refractivity contribution is 7.89. The molecule has 1 N–H and O–H groups in total. The van der Waals surface area contributed by atoms with Gasteiger partial charge in [0.2, 0.25) is 10.0 Å². The summed E-state index contributed by atoms with van der Waals surface area (Å²) in [6, 6.07) is 16.7. The molecular formula is C18H23NO2S. The van der Waals surface area contributed by atoms with Crippen molar-refractivity contribution >= 4 is 10.0 Å². The number of hydrogen-bond donors (Lipinski definition) is 1. The first-order valence-corrected chi connectivity index (χ1v) is 9.27. The maximum Gasteiger partial charge on any atom is 0.241 e. The number of benzene rings is 2. The van der Waals surface area contributed by atoms with Gasteiger partial charge >= 0.3 is 0 Å². The van der Waals surface area contributed by atoms with Gasteiger partial charge in [0, 0.05) is 12.1 Å². The molecule has 0 aliphatic rings. The number of rotatable bonds is 8. The minimum absolute atomic E-state index is 0.344. The Bertz CT molecular complexity index is 681. The van der Waals surface area contributed by atoms with Crippen LogP contribution in [0.2, 0.25) is 0 Å². The van der Waals surface area contributed by atoms with Gasteiger partial charge in [-0.1, -0.05) is 74.7 Å². The molecule has 0 fully saturated rings. The molecule has 0 radical (unpaired) electrons. The normalized spacial score (nSPS) is 11.5. The molecule has 2 rings (SSSR count). The molecule has 3 nitrogen and oxygen atoms in total. The Morgan fingerprint density at radius 3 is 2.27 bits per heavy atom. The van der Waals surface area contributed by atoms with Crippen molar-refractivity contribution in [3.05, 3.63) is 54.6 Å². The van der Waals surface area contributed by atoms with Crippen LogP contribution in [0.1, 0.15) is 32.6 Å². The van der Waals surface area contributed by atoms with Gasteiger partial charge in [-0.25, -0.2) is 13.1 Å². The lowest BCUT2D eigenvalue weighted by atomic mass is 10.1. The number of nitrogens with one attached hydrogen (secondary N) is 1. The van der Waals surface area contributed by atoms with Gasteiger partial charge in [0.1, 0.15) is 0 Å². The molecule has 2 aromatic rings. The van der Waals surface area contributed by atoms with E-state index in [1.54, 1.807) is 12.1 Å². The third-order valence-corrected chi connectivity index (χ3v) is 5.10. The zero-order valence-electron chi connectivity index (χ0n) is 13.0. The summed E-state index contributed by atoms with van der Waals surface area (Å²) in [6.07, 6.45) is 4.21. The molecule has 0 aliphatic heterocycles. The maximum atomic E-state index is 12.5. The van der Waals surface area contributed by atoms with Crippen LogP contribution in [0.5, 0.6) is 0 Å². The molecule has 0 heterocycles. The zero-order chi connectivity index (χ0) is 15.8. The SMILES string of the molecule is CCCCCCNS(=O)(=O)c1ccccc1-c1ccccc1. The van der Waals surface area contributed by atoms with E-state index in [1.165, 1.54) is 0 Å². The second kappa shape index (κ2) is 8.11. The fraction of sp³-hybridized carbons (Fsp3) is 0.333. The van der Waals surface area contributed by atoms with Crippen molar-refractivity contribution in [3.8, 4) is 11.1 Å². The van der Waals surface area contributed by atoms with Gasteiger partial charge in [-0.3, -0.25) is 0 Å². The Morgan fingerprint density at radius 2 is 1.55 bits per heavy atom. The Hall–Kier alpha value is -1.65. The van der Waals surface area contributed by atoms with Crippen LogP contribution < -0.4 is 4.72 Å². The Balaban J connectivity index is 2.18. The van der Waals surface area contributed by atoms with Gasteiger partial charge in [-0.2, -0.15) is 0 Å². The fourth-order valence-corrected chi connectivity index (χ4v) is 3.69. The summed E-state index contributed by atoms with van der Waals surface area (Å²) in [5, 5.41) is 0. The van der Waals surface area contributed by atoms with E-state index in [9.17, 15) is 8.42 Å². The highest BCUT2D eigenvalue weighted by Crippen LogP contribution is 2.26. The molecule has 0 saturated carbocycles. The number of sulfonamides is 1. The first kappa shape index (κ1) is 16.7. The minimum Gasteiger partial charge on any atom is -0.211 e. The third kappa shape index (κ3) is 4.42. The highest BCUT2D eigenvalue weighted by Gasteiger charge is 2.18. The van der Waals surface area contributed by atoms with E-state index in [0.29, 0.717) is 11.4 Å². The third-order valence-electron chi connectivity index (χ3n) is 3.58. The van der Waals surface area contributed by atoms with Crippen LogP contribution in [0, 0.1) is 0 Å². The van der Waals surface area contributed by atoms with E-state index in [0.717, 1.165) is 36.8 Å². The van der Waals surface area contributed by atoms with Crippen LogP contribution in [0.4, 0.5) is 0 Å². The van der Waals surface area contributed by atoms with Crippen molar-refractivity contribution < 1.29 is 8.42 Å². The van der Waals surface area contributed by atoms with Crippen molar-refractivity contribution in [1.82, 2.24) is 4.72 Å². The Morgan fingerprint density at radius 1 is 0.864 bits per heavy atom. The van der Waals surface area contributed by atoms with Gasteiger partial charge in [0.25, 0.3) is 0 Å². The largest absolute Gasteiger partial charge is 0.241 e. The van der Waals surface area contributed by atoms with Gasteiger partial charge in [-0.15, -0.1) is 0 Å². The molecule has 4 heteroatoms. The average Bonchev–Trinajstić information content (AvgIpc) is 2.55. The van der Waals surface area contributed by atoms with Crippen LogP contribution in [-0.4, -0.2) is 15.0 Å². The predicted molar refractivity (Wildman–Crippen MR) is 91.2 cm³/mol. The lowest BCUT2D eigenvalue weighted by Crippen LogP contribution is -2.25. The lowest BCUT2D eigenvalue weighted by Gasteiger charge is -2.11. The quantitative estimate of drug-likeness (QED) is 0.741. The van der Waals surface area contributed by atoms with E-state index in [1.807, 2.05) is 42.5 Å². The summed E-state index contributed by atoms with van der Waals surface area (Å²) in [7, 11) is -3.48. The molecule has 118 valence electrons. The van der Waals surface area contributed by atoms with E-state index in [-0.39, 0.29) is 0 Å². The summed E-state index contributed by atoms with van der Waals surface area (Å²) >= 11 is 0. The van der Waals surface area contributed by atoms with E-state index >= 15 is 0 Å². The fourth-order valence-electron chi connectivity index (χ4n) is 2.39. The van der Waals surface area contributed by atoms with E-state index in [4.69, 9.17) is 0 Å². The van der Waals surface area contributed by atoms with Crippen molar-refractivity contribution in [1.29, 1.82) is 0 Å². The highest BCUT2D eigenvalue weighted by atomic mass is 32.2. The maximum absolute atomic E-state index is 12.5. The molecular weight excluding hydrogens is 294 g/mol. The average molecular weight is 317 g/mol. The molecule has 0 spiro atoms. The molecule has 0 unspecified atom stereocenters. The first-order chi connectivity index (χ1) is 10.6. The number of unbranched alkanes of at least 4 members (excludes halogenated alkanes) is 3. The van der Waals surface area contributed by atoms with Crippen LogP contribution >= 0.6 is 0 Å². The van der Waals surface area contributed by atoms with Crippen LogP contribution in [0.3, 0.4) is 0 Å². The van der Waals surface area contributed by atoms with Crippen LogP contribution in [-0.2, 0) is 10.0 Å². The van der Waals surface area contributed by atoms with Crippen molar-refractivity contribution in [2.45, 2.75) is 37.5 Å². The van der Waals surface area contributed by atoms with E-state index in [2.05, 4.69) is 11.6 Å². The molecule has 0 aromatic heterocycles. The molecule has 0 bridgehead atoms. The van der Waals surface area contributed by atoms with Crippen molar-refractivity contribution in [2.24, 2.45) is 0 Å². The summed E-state index contributed by atoms with van der Waals surface area (Å²) < 4.78 is 27.8. The van der Waals surface area contributed by atoms with Gasteiger partial charge in [0.05, 0.1) is 4.90 Å². The molecule has 0 amide bonds. The summed E-state index contributed by atoms with van der Waals surface area (Å²) in [4.78, 5) is 0.344. The predicted octanol–water partition coefficient (Wildman–Crippen LogP) is 4.21. The van der Waals surface area contributed by atoms with Crippen LogP contribution in [0.15, 0.2) is 59.5 Å². The molecule has 2 aromatic carbocycles. The monoisotopic (exact) mass is 317 g/mol. The summed E-state index contributed by atoms with van der Waals surface area (Å²) in [5.74, 6) is 0. The van der Waals surface area contributed by atoms with Crippen LogP contribution in [0.25, 0.3) is 11.1 Å². The van der Waals surface area contributed by atoms with Crippen molar-refractivity contribution in [3.63, 3.8) is 0 Å². The number of hydrogen-bond acceptors (Lipinski definition) is 2. The second-order valence-electron chi connectivity index (χ2n) is 5.32. The summed E-state index contributed by atoms with van der Waals surface area (Å²) in [5.41, 5.74) is 1.65. The molecule has 22 heavy (non-hydrogen) atoms. The summed E-state index contributed by atoms with van der Waals surface area (Å²) in [6.45, 7) is 2.63. The second-order valence-corrected chi connectivity index (χ2v) is 7.06. The van der Waals surface area contributed by atoms with Gasteiger partial charge in [0.15, 0.2) is 0 Å². The smallest absolute Gasteiger partial charge is 0.211 e. The zero-order valence-corrected chi connectivity index (χ0v) is 13.8. The van der Waals surface area contributed by atoms with E-state index < -0.39 is 10.0 Å². The van der Waals surface area contributed by atoms with Gasteiger partial charge < -0.3 is 0 Å². The standard InChI is InChI=1S/C18H23NO2S/c1-2-3-4-10-15-19-22(20,21)18-14-9-8-13-17(18)16-11-6-5-7-12-16/h5-9,11-14,19H,2-4,10,15H2,1H3. The lowest BCUT2D eigenvalue weighted by molar-refractivity contribution is 0.574. The minimum atomic E-state index is -3.48. The Kier molecular flexibility index (Phi) is 6.16. The van der Waals surface area contributed by atoms with Crippen molar-refractivity contribution in [2.75, 3.05) is 6.54 Å². The van der Waals surface area contributed by atoms with Gasteiger partial charge in [-0.05, 0) is 18.1 Å². The Labute approximate surface area is 133 Å². The molecule has 0 atom stereocenters. The molecule has 0 aliphatic carbocycles. The molecule has 0 saturated heterocycles. The first-order valence-electron chi connectivity index (χ1n) is 7.79. The topological polar surface area (TPSA) is 46.2 Å².